The number of hydrogen-bond acceptors (Lipinski definition) is 4. The minimum absolute atomic E-state index is 0.00704. The van der Waals surface area contributed by atoms with Crippen LogP contribution in [0.25, 0.3) is 11.4 Å². The standard InChI is InChI=1S/C21H23N5O2/c1-3-14(4-2)20(27)23-15-8-10-16(11-9-15)24-21(28)19-7-5-6-17(25-19)18-12-13-22-26-18/h5-14H,3-4H2,1-2H3,(H,22,26)(H,23,27)(H,24,28). The van der Waals surface area contributed by atoms with E-state index in [2.05, 4.69) is 25.8 Å². The van der Waals surface area contributed by atoms with Crippen molar-refractivity contribution in [3.63, 3.8) is 0 Å². The second-order valence-corrected chi connectivity index (χ2v) is 6.41. The molecule has 7 nitrogen and oxygen atoms in total. The molecular formula is C21H23N5O2. The number of nitrogens with one attached hydrogen (secondary N) is 3. The fourth-order valence-corrected chi connectivity index (χ4v) is 2.85. The number of pyridine rings is 1. The van der Waals surface area contributed by atoms with Crippen molar-refractivity contribution in [1.82, 2.24) is 15.2 Å². The molecule has 0 saturated heterocycles. The van der Waals surface area contributed by atoms with E-state index in [1.807, 2.05) is 19.9 Å². The minimum atomic E-state index is -0.310. The number of anilines is 2. The lowest BCUT2D eigenvalue weighted by molar-refractivity contribution is -0.120. The molecule has 3 aromatic rings. The number of H-pyrrole nitrogens is 1. The van der Waals surface area contributed by atoms with Crippen LogP contribution in [0.2, 0.25) is 0 Å². The number of aromatic amines is 1. The van der Waals surface area contributed by atoms with Crippen LogP contribution in [0.1, 0.15) is 37.2 Å². The quantitative estimate of drug-likeness (QED) is 0.577. The van der Waals surface area contributed by atoms with Gasteiger partial charge in [0.2, 0.25) is 5.91 Å². The van der Waals surface area contributed by atoms with Crippen molar-refractivity contribution in [2.75, 3.05) is 10.6 Å². The number of hydrogen-bond donors (Lipinski definition) is 3. The summed E-state index contributed by atoms with van der Waals surface area (Å²) in [6.07, 6.45) is 3.25. The van der Waals surface area contributed by atoms with E-state index in [-0.39, 0.29) is 17.7 Å². The molecule has 3 rings (SSSR count). The molecule has 7 heteroatoms. The van der Waals surface area contributed by atoms with Crippen LogP contribution < -0.4 is 10.6 Å². The summed E-state index contributed by atoms with van der Waals surface area (Å²) < 4.78 is 0. The Morgan fingerprint density at radius 3 is 2.25 bits per heavy atom. The first-order valence-electron chi connectivity index (χ1n) is 9.29. The fourth-order valence-electron chi connectivity index (χ4n) is 2.85. The van der Waals surface area contributed by atoms with Crippen molar-refractivity contribution >= 4 is 23.2 Å². The maximum atomic E-state index is 12.5. The highest BCUT2D eigenvalue weighted by molar-refractivity contribution is 6.03. The summed E-state index contributed by atoms with van der Waals surface area (Å²) in [5.41, 5.74) is 3.02. The summed E-state index contributed by atoms with van der Waals surface area (Å²) in [6.45, 7) is 4.00. The summed E-state index contributed by atoms with van der Waals surface area (Å²) in [5, 5.41) is 12.4. The molecule has 0 unspecified atom stereocenters. The molecule has 0 aliphatic carbocycles. The van der Waals surface area contributed by atoms with Gasteiger partial charge in [-0.05, 0) is 55.3 Å². The predicted molar refractivity (Wildman–Crippen MR) is 109 cm³/mol. The van der Waals surface area contributed by atoms with Gasteiger partial charge >= 0.3 is 0 Å². The predicted octanol–water partition coefficient (Wildman–Crippen LogP) is 4.10. The molecule has 0 bridgehead atoms. The molecule has 2 aromatic heterocycles. The third-order valence-corrected chi connectivity index (χ3v) is 4.53. The van der Waals surface area contributed by atoms with Gasteiger partial charge in [-0.15, -0.1) is 0 Å². The Kier molecular flexibility index (Phi) is 6.16. The highest BCUT2D eigenvalue weighted by Crippen LogP contribution is 2.18. The SMILES string of the molecule is CCC(CC)C(=O)Nc1ccc(NC(=O)c2cccc(-c3ccn[nH]3)n2)cc1. The zero-order valence-corrected chi connectivity index (χ0v) is 15.9. The van der Waals surface area contributed by atoms with E-state index in [0.29, 0.717) is 22.8 Å². The molecule has 0 fully saturated rings. The van der Waals surface area contributed by atoms with Gasteiger partial charge in [0.1, 0.15) is 5.69 Å². The van der Waals surface area contributed by atoms with Crippen molar-refractivity contribution in [3.05, 3.63) is 60.4 Å². The third-order valence-electron chi connectivity index (χ3n) is 4.53. The van der Waals surface area contributed by atoms with Crippen molar-refractivity contribution in [1.29, 1.82) is 0 Å². The maximum Gasteiger partial charge on any atom is 0.274 e. The highest BCUT2D eigenvalue weighted by atomic mass is 16.2. The van der Waals surface area contributed by atoms with Crippen LogP contribution in [0, 0.1) is 5.92 Å². The molecule has 0 aliphatic rings. The molecule has 0 saturated carbocycles. The van der Waals surface area contributed by atoms with Crippen molar-refractivity contribution < 1.29 is 9.59 Å². The van der Waals surface area contributed by atoms with Crippen molar-refractivity contribution in [2.24, 2.45) is 5.92 Å². The monoisotopic (exact) mass is 377 g/mol. The van der Waals surface area contributed by atoms with Gasteiger partial charge in [-0.3, -0.25) is 14.7 Å². The van der Waals surface area contributed by atoms with Gasteiger partial charge in [0.25, 0.3) is 5.91 Å². The number of benzene rings is 1. The molecule has 28 heavy (non-hydrogen) atoms. The van der Waals surface area contributed by atoms with Crippen LogP contribution in [0.3, 0.4) is 0 Å². The van der Waals surface area contributed by atoms with Crippen LogP contribution in [-0.4, -0.2) is 27.0 Å². The van der Waals surface area contributed by atoms with Crippen LogP contribution in [0.15, 0.2) is 54.7 Å². The zero-order valence-electron chi connectivity index (χ0n) is 15.9. The number of carbonyl (C=O) groups is 2. The molecule has 3 N–H and O–H groups in total. The van der Waals surface area contributed by atoms with E-state index in [4.69, 9.17) is 0 Å². The third kappa shape index (κ3) is 4.62. The molecule has 144 valence electrons. The van der Waals surface area contributed by atoms with Crippen LogP contribution in [-0.2, 0) is 4.79 Å². The maximum absolute atomic E-state index is 12.5. The van der Waals surface area contributed by atoms with E-state index in [1.54, 1.807) is 48.7 Å². The van der Waals surface area contributed by atoms with Crippen LogP contribution >= 0.6 is 0 Å². The fraction of sp³-hybridized carbons (Fsp3) is 0.238. The Hall–Kier alpha value is -3.48. The number of nitrogens with zero attached hydrogens (tertiary/aromatic N) is 2. The van der Waals surface area contributed by atoms with Crippen molar-refractivity contribution in [3.8, 4) is 11.4 Å². The number of aromatic nitrogens is 3. The first kappa shape index (κ1) is 19.3. The largest absolute Gasteiger partial charge is 0.326 e. The van der Waals surface area contributed by atoms with E-state index in [9.17, 15) is 9.59 Å². The second kappa shape index (κ2) is 8.94. The Balaban J connectivity index is 1.65. The summed E-state index contributed by atoms with van der Waals surface area (Å²) in [6, 6.07) is 14.1. The van der Waals surface area contributed by atoms with E-state index in [1.165, 1.54) is 0 Å². The summed E-state index contributed by atoms with van der Waals surface area (Å²) in [7, 11) is 0. The summed E-state index contributed by atoms with van der Waals surface area (Å²) in [5.74, 6) is -0.288. The molecular weight excluding hydrogens is 354 g/mol. The molecule has 0 radical (unpaired) electrons. The van der Waals surface area contributed by atoms with Crippen molar-refractivity contribution in [2.45, 2.75) is 26.7 Å². The molecule has 2 heterocycles. The molecule has 1 aromatic carbocycles. The molecule has 0 atom stereocenters. The van der Waals surface area contributed by atoms with Gasteiger partial charge in [-0.1, -0.05) is 19.9 Å². The lowest BCUT2D eigenvalue weighted by atomic mass is 10.0. The number of rotatable bonds is 7. The van der Waals surface area contributed by atoms with E-state index >= 15 is 0 Å². The highest BCUT2D eigenvalue weighted by Gasteiger charge is 2.14. The first-order valence-corrected chi connectivity index (χ1v) is 9.29. The Morgan fingerprint density at radius 1 is 0.964 bits per heavy atom. The Morgan fingerprint density at radius 2 is 1.64 bits per heavy atom. The normalized spacial score (nSPS) is 10.7. The molecule has 0 aliphatic heterocycles. The summed E-state index contributed by atoms with van der Waals surface area (Å²) in [4.78, 5) is 29.0. The smallest absolute Gasteiger partial charge is 0.274 e. The molecule has 2 amide bonds. The Bertz CT molecular complexity index is 932. The molecule has 0 spiro atoms. The topological polar surface area (TPSA) is 99.8 Å². The number of carbonyl (C=O) groups excluding carboxylic acids is 2. The lowest BCUT2D eigenvalue weighted by Crippen LogP contribution is -2.21. The average molecular weight is 377 g/mol. The summed E-state index contributed by atoms with van der Waals surface area (Å²) >= 11 is 0. The van der Waals surface area contributed by atoms with Gasteiger partial charge in [0, 0.05) is 23.5 Å². The Labute approximate surface area is 163 Å². The first-order chi connectivity index (χ1) is 13.6. The van der Waals surface area contributed by atoms with Crippen LogP contribution in [0.5, 0.6) is 0 Å². The zero-order chi connectivity index (χ0) is 19.9. The van der Waals surface area contributed by atoms with Gasteiger partial charge in [-0.2, -0.15) is 5.10 Å². The lowest BCUT2D eigenvalue weighted by Gasteiger charge is -2.13. The van der Waals surface area contributed by atoms with Gasteiger partial charge in [0.15, 0.2) is 0 Å². The number of amides is 2. The van der Waals surface area contributed by atoms with Gasteiger partial charge in [0.05, 0.1) is 11.4 Å². The van der Waals surface area contributed by atoms with Gasteiger partial charge in [-0.25, -0.2) is 4.98 Å². The van der Waals surface area contributed by atoms with Gasteiger partial charge < -0.3 is 10.6 Å². The van der Waals surface area contributed by atoms with E-state index in [0.717, 1.165) is 18.5 Å². The minimum Gasteiger partial charge on any atom is -0.326 e. The average Bonchev–Trinajstić information content (AvgIpc) is 3.25. The van der Waals surface area contributed by atoms with E-state index < -0.39 is 0 Å². The second-order valence-electron chi connectivity index (χ2n) is 6.41. The van der Waals surface area contributed by atoms with Crippen LogP contribution in [0.4, 0.5) is 11.4 Å².